The van der Waals surface area contributed by atoms with Crippen LogP contribution in [-0.4, -0.2) is 56.3 Å². The molecule has 3 aromatic heterocycles. The Morgan fingerprint density at radius 2 is 2.03 bits per heavy atom. The van der Waals surface area contributed by atoms with Gasteiger partial charge in [0.05, 0.1) is 23.3 Å². The minimum absolute atomic E-state index is 0.107. The molecule has 2 amide bonds. The molecule has 1 N–H and O–H groups in total. The molecule has 9 nitrogen and oxygen atoms in total. The van der Waals surface area contributed by atoms with Gasteiger partial charge < -0.3 is 14.6 Å². The number of anilines is 1. The SMILES string of the molecule is Cc1nc(NC(=O)CSc2nnc(-c3ccoc3C)n2C(C)C)sc1C(=O)N(C)C. The monoisotopic (exact) mass is 448 g/mol. The van der Waals surface area contributed by atoms with E-state index in [1.807, 2.05) is 31.4 Å². The number of amides is 2. The Balaban J connectivity index is 1.70. The number of thiazole rings is 1. The zero-order valence-corrected chi connectivity index (χ0v) is 19.3. The zero-order chi connectivity index (χ0) is 22.0. The molecule has 3 aromatic rings. The van der Waals surface area contributed by atoms with E-state index in [2.05, 4.69) is 20.5 Å². The van der Waals surface area contributed by atoms with Crippen LogP contribution >= 0.6 is 23.1 Å². The van der Waals surface area contributed by atoms with Crippen LogP contribution in [0.1, 0.15) is 41.0 Å². The second-order valence-corrected chi connectivity index (χ2v) is 9.07. The maximum absolute atomic E-state index is 12.4. The number of carbonyl (C=O) groups is 2. The summed E-state index contributed by atoms with van der Waals surface area (Å²) in [6, 6.07) is 1.97. The quantitative estimate of drug-likeness (QED) is 0.550. The lowest BCUT2D eigenvalue weighted by atomic mass is 10.2. The van der Waals surface area contributed by atoms with Crippen LogP contribution in [0, 0.1) is 13.8 Å². The van der Waals surface area contributed by atoms with E-state index in [0.29, 0.717) is 26.7 Å². The van der Waals surface area contributed by atoms with Gasteiger partial charge in [-0.3, -0.25) is 14.2 Å². The third kappa shape index (κ3) is 4.57. The molecule has 0 aliphatic carbocycles. The Labute approximate surface area is 182 Å². The van der Waals surface area contributed by atoms with Crippen molar-refractivity contribution in [2.24, 2.45) is 0 Å². The van der Waals surface area contributed by atoms with Crippen LogP contribution in [0.5, 0.6) is 0 Å². The highest BCUT2D eigenvalue weighted by atomic mass is 32.2. The van der Waals surface area contributed by atoms with Crippen LogP contribution < -0.4 is 5.32 Å². The number of thioether (sulfide) groups is 1. The molecule has 0 spiro atoms. The topological polar surface area (TPSA) is 106 Å². The van der Waals surface area contributed by atoms with Crippen molar-refractivity contribution in [3.8, 4) is 11.4 Å². The first-order valence-electron chi connectivity index (χ1n) is 9.30. The normalized spacial score (nSPS) is 11.2. The molecule has 0 atom stereocenters. The highest BCUT2D eigenvalue weighted by Gasteiger charge is 2.21. The van der Waals surface area contributed by atoms with Crippen LogP contribution in [0.3, 0.4) is 0 Å². The summed E-state index contributed by atoms with van der Waals surface area (Å²) in [6.07, 6.45) is 1.62. The number of furan rings is 1. The minimum atomic E-state index is -0.225. The largest absolute Gasteiger partial charge is 0.469 e. The van der Waals surface area contributed by atoms with Gasteiger partial charge in [-0.2, -0.15) is 0 Å². The van der Waals surface area contributed by atoms with Crippen LogP contribution in [-0.2, 0) is 4.79 Å². The summed E-state index contributed by atoms with van der Waals surface area (Å²) in [6.45, 7) is 7.70. The molecule has 0 radical (unpaired) electrons. The molecule has 0 aliphatic rings. The lowest BCUT2D eigenvalue weighted by Crippen LogP contribution is -2.21. The maximum Gasteiger partial charge on any atom is 0.265 e. The lowest BCUT2D eigenvalue weighted by molar-refractivity contribution is -0.113. The van der Waals surface area contributed by atoms with E-state index < -0.39 is 0 Å². The lowest BCUT2D eigenvalue weighted by Gasteiger charge is -2.13. The number of nitrogens with one attached hydrogen (secondary N) is 1. The van der Waals surface area contributed by atoms with Gasteiger partial charge in [0.25, 0.3) is 5.91 Å². The van der Waals surface area contributed by atoms with Crippen molar-refractivity contribution in [1.29, 1.82) is 0 Å². The van der Waals surface area contributed by atoms with E-state index in [-0.39, 0.29) is 23.6 Å². The highest BCUT2D eigenvalue weighted by molar-refractivity contribution is 7.99. The molecule has 0 aliphatic heterocycles. The maximum atomic E-state index is 12.4. The number of aromatic nitrogens is 4. The third-order valence-electron chi connectivity index (χ3n) is 4.26. The number of hydrogen-bond donors (Lipinski definition) is 1. The van der Waals surface area contributed by atoms with E-state index >= 15 is 0 Å². The first-order chi connectivity index (χ1) is 14.2. The van der Waals surface area contributed by atoms with Crippen LogP contribution in [0.2, 0.25) is 0 Å². The van der Waals surface area contributed by atoms with Crippen molar-refractivity contribution in [1.82, 2.24) is 24.6 Å². The van der Waals surface area contributed by atoms with Crippen molar-refractivity contribution in [3.05, 3.63) is 28.7 Å². The molecule has 0 saturated carbocycles. The Hall–Kier alpha value is -2.66. The van der Waals surface area contributed by atoms with Crippen molar-refractivity contribution < 1.29 is 14.0 Å². The van der Waals surface area contributed by atoms with Gasteiger partial charge in [0.2, 0.25) is 5.91 Å². The molecule has 11 heteroatoms. The average Bonchev–Trinajstić information content (AvgIpc) is 3.37. The summed E-state index contributed by atoms with van der Waals surface area (Å²) in [7, 11) is 3.36. The van der Waals surface area contributed by atoms with Gasteiger partial charge in [0.15, 0.2) is 16.1 Å². The second kappa shape index (κ2) is 9.00. The van der Waals surface area contributed by atoms with Gasteiger partial charge in [-0.05, 0) is 33.8 Å². The fourth-order valence-electron chi connectivity index (χ4n) is 2.78. The predicted molar refractivity (Wildman–Crippen MR) is 117 cm³/mol. The molecular weight excluding hydrogens is 424 g/mol. The van der Waals surface area contributed by atoms with E-state index in [1.165, 1.54) is 28.0 Å². The van der Waals surface area contributed by atoms with E-state index in [4.69, 9.17) is 4.42 Å². The summed E-state index contributed by atoms with van der Waals surface area (Å²) in [5.74, 6) is 1.26. The van der Waals surface area contributed by atoms with Gasteiger partial charge in [-0.25, -0.2) is 4.98 Å². The smallest absolute Gasteiger partial charge is 0.265 e. The Morgan fingerprint density at radius 1 is 1.30 bits per heavy atom. The van der Waals surface area contributed by atoms with Gasteiger partial charge in [-0.15, -0.1) is 10.2 Å². The molecule has 0 aromatic carbocycles. The van der Waals surface area contributed by atoms with Crippen molar-refractivity contribution in [3.63, 3.8) is 0 Å². The summed E-state index contributed by atoms with van der Waals surface area (Å²) in [5, 5.41) is 12.4. The Morgan fingerprint density at radius 3 is 2.63 bits per heavy atom. The molecule has 0 unspecified atom stereocenters. The average molecular weight is 449 g/mol. The zero-order valence-electron chi connectivity index (χ0n) is 17.7. The fraction of sp³-hybridized carbons (Fsp3) is 0.421. The third-order valence-corrected chi connectivity index (χ3v) is 6.26. The molecule has 3 heterocycles. The predicted octanol–water partition coefficient (Wildman–Crippen LogP) is 3.62. The van der Waals surface area contributed by atoms with Gasteiger partial charge in [0, 0.05) is 20.1 Å². The van der Waals surface area contributed by atoms with Gasteiger partial charge in [0.1, 0.15) is 10.6 Å². The highest BCUT2D eigenvalue weighted by Crippen LogP contribution is 2.30. The first-order valence-corrected chi connectivity index (χ1v) is 11.1. The van der Waals surface area contributed by atoms with Crippen molar-refractivity contribution in [2.75, 3.05) is 25.2 Å². The number of aryl methyl sites for hydroxylation is 2. The molecule has 160 valence electrons. The summed E-state index contributed by atoms with van der Waals surface area (Å²) in [4.78, 5) is 30.9. The number of hydrogen-bond acceptors (Lipinski definition) is 8. The molecule has 0 saturated heterocycles. The number of rotatable bonds is 7. The Kier molecular flexibility index (Phi) is 6.61. The van der Waals surface area contributed by atoms with Crippen molar-refractivity contribution >= 4 is 40.0 Å². The number of carbonyl (C=O) groups excluding carboxylic acids is 2. The van der Waals surface area contributed by atoms with Crippen LogP contribution in [0.4, 0.5) is 5.13 Å². The summed E-state index contributed by atoms with van der Waals surface area (Å²) < 4.78 is 7.37. The first kappa shape index (κ1) is 22.0. The van der Waals surface area contributed by atoms with E-state index in [0.717, 1.165) is 11.3 Å². The van der Waals surface area contributed by atoms with Gasteiger partial charge in [-0.1, -0.05) is 23.1 Å². The standard InChI is InChI=1S/C19H24N6O3S2/c1-10(2)25-16(13-7-8-28-12(13)4)22-23-19(25)29-9-14(26)21-18-20-11(3)15(30-18)17(27)24(5)6/h7-8,10H,9H2,1-6H3,(H,20,21,26). The summed E-state index contributed by atoms with van der Waals surface area (Å²) in [5.41, 5.74) is 1.48. The molecule has 0 bridgehead atoms. The molecule has 30 heavy (non-hydrogen) atoms. The summed E-state index contributed by atoms with van der Waals surface area (Å²) >= 11 is 2.47. The van der Waals surface area contributed by atoms with Crippen LogP contribution in [0.25, 0.3) is 11.4 Å². The van der Waals surface area contributed by atoms with Crippen molar-refractivity contribution in [2.45, 2.75) is 38.9 Å². The fourth-order valence-corrected chi connectivity index (χ4v) is 4.65. The van der Waals surface area contributed by atoms with E-state index in [1.54, 1.807) is 27.3 Å². The second-order valence-electron chi connectivity index (χ2n) is 7.13. The molecule has 3 rings (SSSR count). The van der Waals surface area contributed by atoms with E-state index in [9.17, 15) is 9.59 Å². The molecular formula is C19H24N6O3S2. The van der Waals surface area contributed by atoms with Gasteiger partial charge >= 0.3 is 0 Å². The minimum Gasteiger partial charge on any atom is -0.469 e. The van der Waals surface area contributed by atoms with Crippen LogP contribution in [0.15, 0.2) is 21.9 Å². The molecule has 0 fully saturated rings. The Bertz CT molecular complexity index is 1070. The number of nitrogens with zero attached hydrogens (tertiary/aromatic N) is 5.